The lowest BCUT2D eigenvalue weighted by Crippen LogP contribution is -1.89. The Labute approximate surface area is 173 Å². The van der Waals surface area contributed by atoms with Crippen LogP contribution in [0.25, 0.3) is 21.0 Å². The lowest BCUT2D eigenvalue weighted by molar-refractivity contribution is 0.0999. The molecule has 1 amide bonds. The van der Waals surface area contributed by atoms with Gasteiger partial charge in [-0.05, 0) is 34.1 Å². The van der Waals surface area contributed by atoms with E-state index in [2.05, 4.69) is 47.1 Å². The molecule has 9 heteroatoms. The Morgan fingerprint density at radius 2 is 1.96 bits per heavy atom. The van der Waals surface area contributed by atoms with Crippen LogP contribution in [0.2, 0.25) is 5.02 Å². The third kappa shape index (κ3) is 2.96. The van der Waals surface area contributed by atoms with Crippen molar-refractivity contribution in [1.29, 1.82) is 0 Å². The molecule has 0 aliphatic heterocycles. The van der Waals surface area contributed by atoms with E-state index in [1.54, 1.807) is 6.07 Å². The van der Waals surface area contributed by atoms with Crippen LogP contribution in [0.1, 0.15) is 9.67 Å². The molecule has 0 atom stereocenters. The van der Waals surface area contributed by atoms with Crippen LogP contribution in [0.5, 0.6) is 5.88 Å². The minimum Gasteiger partial charge on any atom is -0.493 e. The van der Waals surface area contributed by atoms with E-state index < -0.39 is 5.91 Å². The van der Waals surface area contributed by atoms with Crippen molar-refractivity contribution in [2.45, 2.75) is 0 Å². The molecule has 130 valence electrons. The Balaban J connectivity index is 1.76. The first kappa shape index (κ1) is 17.7. The van der Waals surface area contributed by atoms with Crippen molar-refractivity contribution in [3.63, 3.8) is 0 Å². The minimum absolute atomic E-state index is 0.169. The molecular weight excluding hydrogens is 506 g/mol. The van der Waals surface area contributed by atoms with Crippen LogP contribution < -0.4 is 0 Å². The second kappa shape index (κ2) is 6.77. The lowest BCUT2D eigenvalue weighted by Gasteiger charge is -1.96. The maximum Gasteiger partial charge on any atom is 0.307 e. The van der Waals surface area contributed by atoms with E-state index in [0.29, 0.717) is 20.8 Å². The third-order valence-corrected chi connectivity index (χ3v) is 6.49. The number of benzene rings is 2. The molecule has 0 radical (unpaired) electrons. The highest BCUT2D eigenvalue weighted by Gasteiger charge is 2.18. The first-order valence-corrected chi connectivity index (χ1v) is 10.1. The number of hydrogen-bond donors (Lipinski definition) is 2. The fraction of sp³-hybridized carbons (Fsp3) is 0. The van der Waals surface area contributed by atoms with Crippen LogP contribution in [-0.4, -0.2) is 16.0 Å². The molecule has 0 spiro atoms. The monoisotopic (exact) mass is 511 g/mol. The Morgan fingerprint density at radius 1 is 1.19 bits per heavy atom. The molecule has 0 aliphatic rings. The highest BCUT2D eigenvalue weighted by atomic mass is 79.9. The molecule has 0 unspecified atom stereocenters. The molecule has 2 heterocycles. The summed E-state index contributed by atoms with van der Waals surface area (Å²) in [5, 5.41) is 19.6. The maximum absolute atomic E-state index is 12.5. The first-order valence-electron chi connectivity index (χ1n) is 7.28. The number of aromatic hydroxyl groups is 1. The zero-order chi connectivity index (χ0) is 18.4. The SMILES string of the molecule is O=C(N=Nc1c(O)[nH]c2c(Br)cc(Br)cc12)c1sc2ccccc2c1Cl. The van der Waals surface area contributed by atoms with Gasteiger partial charge in [-0.3, -0.25) is 4.79 Å². The van der Waals surface area contributed by atoms with Gasteiger partial charge in [-0.25, -0.2) is 0 Å². The van der Waals surface area contributed by atoms with Gasteiger partial charge in [-0.1, -0.05) is 45.7 Å². The van der Waals surface area contributed by atoms with Crippen molar-refractivity contribution in [3.8, 4) is 5.88 Å². The van der Waals surface area contributed by atoms with E-state index in [4.69, 9.17) is 11.6 Å². The van der Waals surface area contributed by atoms with Crippen LogP contribution in [0.3, 0.4) is 0 Å². The number of halogens is 3. The number of H-pyrrole nitrogens is 1. The number of rotatable bonds is 2. The number of amides is 1. The summed E-state index contributed by atoms with van der Waals surface area (Å²) in [5.74, 6) is -0.725. The van der Waals surface area contributed by atoms with Gasteiger partial charge in [0, 0.05) is 24.4 Å². The highest BCUT2D eigenvalue weighted by molar-refractivity contribution is 9.11. The van der Waals surface area contributed by atoms with Gasteiger partial charge in [0.1, 0.15) is 4.88 Å². The number of aromatic nitrogens is 1. The van der Waals surface area contributed by atoms with Crippen LogP contribution in [0.15, 0.2) is 55.6 Å². The summed E-state index contributed by atoms with van der Waals surface area (Å²) in [6, 6.07) is 11.1. The van der Waals surface area contributed by atoms with E-state index in [1.807, 2.05) is 30.3 Å². The van der Waals surface area contributed by atoms with Crippen LogP contribution in [-0.2, 0) is 0 Å². The number of fused-ring (bicyclic) bond motifs is 2. The average molecular weight is 514 g/mol. The molecule has 2 aromatic heterocycles. The number of thiophene rings is 1. The molecule has 0 bridgehead atoms. The second-order valence-corrected chi connectivity index (χ2v) is 8.58. The van der Waals surface area contributed by atoms with Crippen LogP contribution in [0, 0.1) is 0 Å². The molecule has 0 saturated heterocycles. The number of carbonyl (C=O) groups excluding carboxylic acids is 1. The van der Waals surface area contributed by atoms with Crippen molar-refractivity contribution < 1.29 is 9.90 Å². The minimum atomic E-state index is -0.556. The van der Waals surface area contributed by atoms with Gasteiger partial charge >= 0.3 is 5.91 Å². The molecule has 5 nitrogen and oxygen atoms in total. The molecule has 4 aromatic rings. The molecule has 2 aromatic carbocycles. The van der Waals surface area contributed by atoms with Gasteiger partial charge in [0.25, 0.3) is 0 Å². The number of carbonyl (C=O) groups is 1. The predicted octanol–water partition coefficient (Wildman–Crippen LogP) is 7.19. The highest BCUT2D eigenvalue weighted by Crippen LogP contribution is 2.41. The topological polar surface area (TPSA) is 77.8 Å². The van der Waals surface area contributed by atoms with Gasteiger partial charge in [-0.15, -0.1) is 21.6 Å². The van der Waals surface area contributed by atoms with Crippen molar-refractivity contribution in [2.75, 3.05) is 0 Å². The molecule has 0 aliphatic carbocycles. The quantitative estimate of drug-likeness (QED) is 0.278. The summed E-state index contributed by atoms with van der Waals surface area (Å²) in [4.78, 5) is 15.6. The number of aromatic amines is 1. The van der Waals surface area contributed by atoms with Crippen molar-refractivity contribution in [2.24, 2.45) is 10.2 Å². The number of azo groups is 1. The molecule has 26 heavy (non-hydrogen) atoms. The number of nitrogens with zero attached hydrogens (tertiary/aromatic N) is 2. The maximum atomic E-state index is 12.5. The van der Waals surface area contributed by atoms with Crippen molar-refractivity contribution >= 4 is 87.4 Å². The third-order valence-electron chi connectivity index (χ3n) is 3.75. The molecule has 4 rings (SSSR count). The second-order valence-electron chi connectivity index (χ2n) is 5.38. The summed E-state index contributed by atoms with van der Waals surface area (Å²) < 4.78 is 2.45. The largest absolute Gasteiger partial charge is 0.493 e. The van der Waals surface area contributed by atoms with Gasteiger partial charge in [-0.2, -0.15) is 0 Å². The summed E-state index contributed by atoms with van der Waals surface area (Å²) in [7, 11) is 0. The lowest BCUT2D eigenvalue weighted by atomic mass is 10.2. The Kier molecular flexibility index (Phi) is 4.60. The van der Waals surface area contributed by atoms with Crippen molar-refractivity contribution in [3.05, 3.63) is 55.2 Å². The van der Waals surface area contributed by atoms with E-state index in [0.717, 1.165) is 19.0 Å². The Hall–Kier alpha value is -1.74. The van der Waals surface area contributed by atoms with Gasteiger partial charge in [0.15, 0.2) is 5.69 Å². The molecule has 0 fully saturated rings. The van der Waals surface area contributed by atoms with Crippen LogP contribution in [0.4, 0.5) is 5.69 Å². The number of hydrogen-bond acceptors (Lipinski definition) is 4. The van der Waals surface area contributed by atoms with Crippen molar-refractivity contribution in [1.82, 2.24) is 4.98 Å². The summed E-state index contributed by atoms with van der Waals surface area (Å²) in [6.07, 6.45) is 0. The normalized spacial score (nSPS) is 11.8. The molecular formula is C17H8Br2ClN3O2S. The van der Waals surface area contributed by atoms with E-state index in [-0.39, 0.29) is 11.6 Å². The predicted molar refractivity (Wildman–Crippen MR) is 111 cm³/mol. The summed E-state index contributed by atoms with van der Waals surface area (Å²) in [5.41, 5.74) is 0.847. The number of nitrogens with one attached hydrogen (secondary N) is 1. The van der Waals surface area contributed by atoms with E-state index in [1.165, 1.54) is 11.3 Å². The smallest absolute Gasteiger partial charge is 0.307 e. The van der Waals surface area contributed by atoms with E-state index in [9.17, 15) is 9.90 Å². The zero-order valence-electron chi connectivity index (χ0n) is 12.8. The molecule has 0 saturated carbocycles. The molecule has 2 N–H and O–H groups in total. The fourth-order valence-corrected chi connectivity index (χ4v) is 5.30. The van der Waals surface area contributed by atoms with Gasteiger partial charge in [0.2, 0.25) is 5.88 Å². The zero-order valence-corrected chi connectivity index (χ0v) is 17.5. The fourth-order valence-electron chi connectivity index (χ4n) is 2.59. The van der Waals surface area contributed by atoms with E-state index >= 15 is 0 Å². The van der Waals surface area contributed by atoms with Gasteiger partial charge in [0.05, 0.1) is 10.5 Å². The average Bonchev–Trinajstić information content (AvgIpc) is 3.11. The Bertz CT molecular complexity index is 1220. The summed E-state index contributed by atoms with van der Waals surface area (Å²) in [6.45, 7) is 0. The van der Waals surface area contributed by atoms with Crippen LogP contribution >= 0.6 is 54.8 Å². The van der Waals surface area contributed by atoms with Gasteiger partial charge < -0.3 is 10.1 Å². The first-order chi connectivity index (χ1) is 12.5. The Morgan fingerprint density at radius 3 is 2.73 bits per heavy atom. The standard InChI is InChI=1S/C17H8Br2ClN3O2S/c18-7-5-9-13(10(19)6-7)21-16(24)14(9)22-23-17(25)15-12(20)8-3-1-2-4-11(8)26-15/h1-6,21,24H. The summed E-state index contributed by atoms with van der Waals surface area (Å²) >= 11 is 14.4.